The number of nitrogens with zero attached hydrogens (tertiary/aromatic N) is 1. The molecule has 0 saturated heterocycles. The number of thioether (sulfide) groups is 2. The van der Waals surface area contributed by atoms with E-state index in [1.165, 1.54) is 29.7 Å². The lowest BCUT2D eigenvalue weighted by Crippen LogP contribution is -2.11. The summed E-state index contributed by atoms with van der Waals surface area (Å²) in [5.41, 5.74) is 0.487. The molecule has 0 atom stereocenters. The third-order valence-corrected chi connectivity index (χ3v) is 3.60. The average Bonchev–Trinajstić information content (AvgIpc) is 2.26. The molecule has 1 aromatic rings. The Morgan fingerprint density at radius 3 is 2.71 bits per heavy atom. The fraction of sp³-hybridized carbons (Fsp3) is 0.333. The van der Waals surface area contributed by atoms with Gasteiger partial charge in [0.15, 0.2) is 4.77 Å². The molecule has 76 valence electrons. The van der Waals surface area contributed by atoms with Gasteiger partial charge in [-0.15, -0.1) is 23.5 Å². The number of pyridine rings is 1. The van der Waals surface area contributed by atoms with Crippen molar-refractivity contribution in [3.05, 3.63) is 30.1 Å². The molecule has 0 aromatic carbocycles. The minimum absolute atomic E-state index is 0.150. The first-order valence-electron chi connectivity index (χ1n) is 3.94. The Bertz CT molecular complexity index is 288. The number of hydrogen-bond donors (Lipinski definition) is 0. The van der Waals surface area contributed by atoms with Crippen LogP contribution in [0, 0.1) is 0 Å². The number of rotatable bonds is 4. The summed E-state index contributed by atoms with van der Waals surface area (Å²) in [5, 5.41) is 0. The third-order valence-electron chi connectivity index (χ3n) is 1.49. The largest absolute Gasteiger partial charge is 0.437 e. The van der Waals surface area contributed by atoms with Crippen LogP contribution in [0.5, 0.6) is 0 Å². The molecule has 0 radical (unpaired) electrons. The number of aromatic nitrogens is 1. The molecule has 5 heteroatoms. The molecule has 0 aliphatic heterocycles. The van der Waals surface area contributed by atoms with Crippen LogP contribution >= 0.6 is 23.5 Å². The molecule has 1 rings (SSSR count). The first-order chi connectivity index (χ1) is 6.77. The Labute approximate surface area is 91.6 Å². The van der Waals surface area contributed by atoms with Crippen molar-refractivity contribution >= 4 is 29.5 Å². The Morgan fingerprint density at radius 1 is 1.50 bits per heavy atom. The van der Waals surface area contributed by atoms with E-state index in [1.807, 2.05) is 12.5 Å². The molecular formula is C9H11NO2S2. The zero-order chi connectivity index (χ0) is 10.4. The Balaban J connectivity index is 2.59. The summed E-state index contributed by atoms with van der Waals surface area (Å²) in [6.45, 7) is 0. The van der Waals surface area contributed by atoms with Crippen LogP contribution < -0.4 is 0 Å². The van der Waals surface area contributed by atoms with Gasteiger partial charge < -0.3 is 4.74 Å². The van der Waals surface area contributed by atoms with Gasteiger partial charge in [-0.2, -0.15) is 0 Å². The van der Waals surface area contributed by atoms with Crippen LogP contribution in [0.2, 0.25) is 0 Å². The van der Waals surface area contributed by atoms with Crippen LogP contribution in [0.4, 0.5) is 0 Å². The van der Waals surface area contributed by atoms with Crippen molar-refractivity contribution in [3.8, 4) is 0 Å². The summed E-state index contributed by atoms with van der Waals surface area (Å²) in [6, 6.07) is 3.40. The standard InChI is InChI=1S/C9H11NO2S2/c1-13-9(14-2)12-8(11)7-4-3-5-10-6-7/h3-6,9H,1-2H3. The van der Waals surface area contributed by atoms with E-state index in [-0.39, 0.29) is 10.7 Å². The topological polar surface area (TPSA) is 39.2 Å². The van der Waals surface area contributed by atoms with Gasteiger partial charge in [0.1, 0.15) is 0 Å². The molecular weight excluding hydrogens is 218 g/mol. The van der Waals surface area contributed by atoms with E-state index in [0.29, 0.717) is 5.56 Å². The molecule has 0 saturated carbocycles. The zero-order valence-electron chi connectivity index (χ0n) is 7.97. The van der Waals surface area contributed by atoms with Crippen LogP contribution in [0.3, 0.4) is 0 Å². The Hall–Kier alpha value is -0.680. The molecule has 0 aliphatic rings. The highest BCUT2D eigenvalue weighted by Crippen LogP contribution is 2.20. The highest BCUT2D eigenvalue weighted by molar-refractivity contribution is 8.16. The minimum Gasteiger partial charge on any atom is -0.437 e. The van der Waals surface area contributed by atoms with Crippen molar-refractivity contribution in [2.45, 2.75) is 4.77 Å². The first kappa shape index (κ1) is 11.4. The number of carbonyl (C=O) groups is 1. The monoisotopic (exact) mass is 229 g/mol. The van der Waals surface area contributed by atoms with Gasteiger partial charge in [0.2, 0.25) is 0 Å². The van der Waals surface area contributed by atoms with Gasteiger partial charge >= 0.3 is 5.97 Å². The molecule has 1 heterocycles. The van der Waals surface area contributed by atoms with E-state index >= 15 is 0 Å². The predicted molar refractivity (Wildman–Crippen MR) is 60.5 cm³/mol. The molecule has 0 aliphatic carbocycles. The summed E-state index contributed by atoms with van der Waals surface area (Å²) in [4.78, 5) is 15.3. The normalized spacial score (nSPS) is 10.2. The quantitative estimate of drug-likeness (QED) is 0.585. The maximum atomic E-state index is 11.5. The number of esters is 1. The van der Waals surface area contributed by atoms with Crippen LogP contribution in [0.15, 0.2) is 24.5 Å². The van der Waals surface area contributed by atoms with E-state index in [2.05, 4.69) is 4.98 Å². The number of hydrogen-bond acceptors (Lipinski definition) is 5. The maximum absolute atomic E-state index is 11.5. The van der Waals surface area contributed by atoms with Gasteiger partial charge in [0.25, 0.3) is 0 Å². The molecule has 0 bridgehead atoms. The van der Waals surface area contributed by atoms with Crippen LogP contribution in [-0.4, -0.2) is 28.2 Å². The lowest BCUT2D eigenvalue weighted by molar-refractivity contribution is 0.0549. The summed E-state index contributed by atoms with van der Waals surface area (Å²) in [7, 11) is 0. The summed E-state index contributed by atoms with van der Waals surface area (Å²) in [5.74, 6) is -0.327. The van der Waals surface area contributed by atoms with Gasteiger partial charge in [-0.25, -0.2) is 4.79 Å². The SMILES string of the molecule is CSC(OC(=O)c1cccnc1)SC. The zero-order valence-corrected chi connectivity index (χ0v) is 9.60. The Kier molecular flexibility index (Phi) is 4.82. The molecule has 1 aromatic heterocycles. The lowest BCUT2D eigenvalue weighted by Gasteiger charge is -2.12. The van der Waals surface area contributed by atoms with Crippen molar-refractivity contribution in [2.75, 3.05) is 12.5 Å². The van der Waals surface area contributed by atoms with Crippen LogP contribution in [0.25, 0.3) is 0 Å². The van der Waals surface area contributed by atoms with Crippen molar-refractivity contribution < 1.29 is 9.53 Å². The van der Waals surface area contributed by atoms with Crippen LogP contribution in [0.1, 0.15) is 10.4 Å². The second kappa shape index (κ2) is 5.93. The van der Waals surface area contributed by atoms with E-state index < -0.39 is 0 Å². The van der Waals surface area contributed by atoms with E-state index in [1.54, 1.807) is 18.3 Å². The van der Waals surface area contributed by atoms with Crippen molar-refractivity contribution in [1.29, 1.82) is 0 Å². The average molecular weight is 229 g/mol. The summed E-state index contributed by atoms with van der Waals surface area (Å²) < 4.78 is 5.03. The molecule has 0 N–H and O–H groups in total. The van der Waals surface area contributed by atoms with E-state index in [9.17, 15) is 4.79 Å². The van der Waals surface area contributed by atoms with Crippen molar-refractivity contribution in [3.63, 3.8) is 0 Å². The highest BCUT2D eigenvalue weighted by Gasteiger charge is 2.13. The summed E-state index contributed by atoms with van der Waals surface area (Å²) >= 11 is 2.98. The second-order valence-electron chi connectivity index (χ2n) is 2.41. The molecule has 0 spiro atoms. The van der Waals surface area contributed by atoms with Gasteiger partial charge in [0, 0.05) is 12.4 Å². The molecule has 0 fully saturated rings. The molecule has 14 heavy (non-hydrogen) atoms. The molecule has 3 nitrogen and oxygen atoms in total. The fourth-order valence-corrected chi connectivity index (χ4v) is 1.97. The van der Waals surface area contributed by atoms with Gasteiger partial charge in [0.05, 0.1) is 5.56 Å². The number of carbonyl (C=O) groups excluding carboxylic acids is 1. The fourth-order valence-electron chi connectivity index (χ4n) is 0.831. The van der Waals surface area contributed by atoms with Gasteiger partial charge in [-0.1, -0.05) is 0 Å². The third kappa shape index (κ3) is 3.23. The Morgan fingerprint density at radius 2 is 2.21 bits per heavy atom. The highest BCUT2D eigenvalue weighted by atomic mass is 32.2. The molecule has 0 amide bonds. The summed E-state index contributed by atoms with van der Waals surface area (Å²) in [6.07, 6.45) is 6.92. The lowest BCUT2D eigenvalue weighted by atomic mass is 10.3. The first-order valence-corrected chi connectivity index (χ1v) is 6.52. The predicted octanol–water partition coefficient (Wildman–Crippen LogP) is 2.25. The minimum atomic E-state index is -0.327. The molecule has 0 unspecified atom stereocenters. The van der Waals surface area contributed by atoms with Gasteiger partial charge in [-0.05, 0) is 24.6 Å². The second-order valence-corrected chi connectivity index (χ2v) is 4.50. The van der Waals surface area contributed by atoms with E-state index in [0.717, 1.165) is 0 Å². The maximum Gasteiger partial charge on any atom is 0.341 e. The smallest absolute Gasteiger partial charge is 0.341 e. The van der Waals surface area contributed by atoms with Crippen LogP contribution in [-0.2, 0) is 4.74 Å². The number of ether oxygens (including phenoxy) is 1. The van der Waals surface area contributed by atoms with Crippen molar-refractivity contribution in [2.24, 2.45) is 0 Å². The van der Waals surface area contributed by atoms with Crippen molar-refractivity contribution in [1.82, 2.24) is 4.98 Å². The van der Waals surface area contributed by atoms with Gasteiger partial charge in [-0.3, -0.25) is 4.98 Å². The van der Waals surface area contributed by atoms with E-state index in [4.69, 9.17) is 4.74 Å².